The van der Waals surface area contributed by atoms with Crippen molar-refractivity contribution in [3.63, 3.8) is 0 Å². The van der Waals surface area contributed by atoms with E-state index < -0.39 is 6.04 Å². The molecule has 0 bridgehead atoms. The smallest absolute Gasteiger partial charge is 0.253 e. The Balaban J connectivity index is 1.39. The maximum atomic E-state index is 13.4. The van der Waals surface area contributed by atoms with E-state index in [1.807, 2.05) is 59.2 Å². The fourth-order valence-electron chi connectivity index (χ4n) is 4.25. The molecule has 1 aliphatic heterocycles. The van der Waals surface area contributed by atoms with Gasteiger partial charge in [0.1, 0.15) is 11.8 Å². The lowest BCUT2D eigenvalue weighted by Crippen LogP contribution is -2.33. The number of amides is 2. The van der Waals surface area contributed by atoms with Crippen molar-refractivity contribution >= 4 is 34.5 Å². The van der Waals surface area contributed by atoms with Crippen molar-refractivity contribution in [3.8, 4) is 5.75 Å². The standard InChI is InChI=1S/C26H24N4O3/c1-33-20-13-11-19(12-14-20)27-24(31)17-23-25(32)29(16-15-18-7-3-2-4-8-18)26-28-21-9-5-6-10-22(21)30(23)26/h2-14,23H,15-17H2,1H3,(H,27,31)/t23-/m0/s1. The molecule has 0 aliphatic carbocycles. The van der Waals surface area contributed by atoms with Crippen molar-refractivity contribution < 1.29 is 14.3 Å². The number of nitrogens with zero attached hydrogens (tertiary/aromatic N) is 3. The summed E-state index contributed by atoms with van der Waals surface area (Å²) >= 11 is 0. The zero-order valence-corrected chi connectivity index (χ0v) is 18.3. The molecule has 33 heavy (non-hydrogen) atoms. The Kier molecular flexibility index (Phi) is 5.52. The van der Waals surface area contributed by atoms with Crippen molar-refractivity contribution in [1.82, 2.24) is 9.55 Å². The first-order valence-electron chi connectivity index (χ1n) is 10.9. The SMILES string of the molecule is COc1ccc(NC(=O)C[C@H]2C(=O)N(CCc3ccccc3)c3nc4ccccc4n32)cc1. The molecule has 3 aromatic carbocycles. The zero-order valence-electron chi connectivity index (χ0n) is 18.3. The summed E-state index contributed by atoms with van der Waals surface area (Å²) in [7, 11) is 1.59. The van der Waals surface area contributed by atoms with Crippen LogP contribution in [-0.4, -0.2) is 35.0 Å². The molecule has 0 unspecified atom stereocenters. The molecule has 1 atom stereocenters. The van der Waals surface area contributed by atoms with E-state index in [2.05, 4.69) is 5.32 Å². The molecule has 1 N–H and O–H groups in total. The normalized spacial score (nSPS) is 15.0. The lowest BCUT2D eigenvalue weighted by atomic mass is 10.1. The number of aromatic nitrogens is 2. The molecular formula is C26H24N4O3. The van der Waals surface area contributed by atoms with Gasteiger partial charge in [0.2, 0.25) is 11.9 Å². The van der Waals surface area contributed by atoms with Gasteiger partial charge < -0.3 is 10.1 Å². The minimum absolute atomic E-state index is 0.0278. The van der Waals surface area contributed by atoms with Gasteiger partial charge in [-0.15, -0.1) is 0 Å². The largest absolute Gasteiger partial charge is 0.497 e. The van der Waals surface area contributed by atoms with E-state index in [9.17, 15) is 9.59 Å². The number of carbonyl (C=O) groups excluding carboxylic acids is 2. The van der Waals surface area contributed by atoms with Crippen molar-refractivity contribution in [2.45, 2.75) is 18.9 Å². The average molecular weight is 441 g/mol. The van der Waals surface area contributed by atoms with Crippen molar-refractivity contribution in [2.75, 3.05) is 23.9 Å². The maximum absolute atomic E-state index is 13.4. The Bertz CT molecular complexity index is 1300. The second-order valence-electron chi connectivity index (χ2n) is 7.99. The van der Waals surface area contributed by atoms with Crippen LogP contribution in [0.4, 0.5) is 11.6 Å². The van der Waals surface area contributed by atoms with Crippen LogP contribution in [0.5, 0.6) is 5.75 Å². The van der Waals surface area contributed by atoms with Gasteiger partial charge in [-0.25, -0.2) is 4.98 Å². The van der Waals surface area contributed by atoms with Gasteiger partial charge in [-0.2, -0.15) is 0 Å². The Labute approximate surface area is 191 Å². The van der Waals surface area contributed by atoms with Crippen LogP contribution < -0.4 is 15.0 Å². The fourth-order valence-corrected chi connectivity index (χ4v) is 4.25. The molecule has 4 aromatic rings. The summed E-state index contributed by atoms with van der Waals surface area (Å²) in [5.74, 6) is 0.971. The molecular weight excluding hydrogens is 416 g/mol. The highest BCUT2D eigenvalue weighted by molar-refractivity contribution is 6.05. The first kappa shape index (κ1) is 20.8. The number of methoxy groups -OCH3 is 1. The first-order valence-corrected chi connectivity index (χ1v) is 10.9. The second kappa shape index (κ2) is 8.78. The molecule has 0 radical (unpaired) electrons. The molecule has 0 saturated heterocycles. The number of benzene rings is 3. The summed E-state index contributed by atoms with van der Waals surface area (Å²) in [5, 5.41) is 2.89. The molecule has 7 nitrogen and oxygen atoms in total. The lowest BCUT2D eigenvalue weighted by Gasteiger charge is -2.16. The number of ether oxygens (including phenoxy) is 1. The van der Waals surface area contributed by atoms with E-state index in [0.717, 1.165) is 16.6 Å². The van der Waals surface area contributed by atoms with E-state index in [-0.39, 0.29) is 18.2 Å². The Morgan fingerprint density at radius 2 is 1.73 bits per heavy atom. The van der Waals surface area contributed by atoms with Crippen LogP contribution in [-0.2, 0) is 16.0 Å². The summed E-state index contributed by atoms with van der Waals surface area (Å²) in [5.41, 5.74) is 3.46. The van der Waals surface area contributed by atoms with Gasteiger partial charge >= 0.3 is 0 Å². The minimum atomic E-state index is -0.638. The van der Waals surface area contributed by atoms with Crippen LogP contribution in [0.2, 0.25) is 0 Å². The monoisotopic (exact) mass is 440 g/mol. The molecule has 0 fully saturated rings. The minimum Gasteiger partial charge on any atom is -0.497 e. The van der Waals surface area contributed by atoms with E-state index >= 15 is 0 Å². The van der Waals surface area contributed by atoms with Crippen LogP contribution in [0.25, 0.3) is 11.0 Å². The molecule has 0 spiro atoms. The van der Waals surface area contributed by atoms with Gasteiger partial charge in [0.15, 0.2) is 0 Å². The van der Waals surface area contributed by atoms with Gasteiger partial charge in [0.25, 0.3) is 5.91 Å². The first-order chi connectivity index (χ1) is 16.1. The van der Waals surface area contributed by atoms with Gasteiger partial charge in [-0.1, -0.05) is 42.5 Å². The van der Waals surface area contributed by atoms with Gasteiger partial charge in [0.05, 0.1) is 24.6 Å². The number of anilines is 2. The Morgan fingerprint density at radius 3 is 2.48 bits per heavy atom. The van der Waals surface area contributed by atoms with Gasteiger partial charge in [0, 0.05) is 12.2 Å². The van der Waals surface area contributed by atoms with Crippen LogP contribution >= 0.6 is 0 Å². The quantitative estimate of drug-likeness (QED) is 0.467. The van der Waals surface area contributed by atoms with Crippen LogP contribution in [0, 0.1) is 0 Å². The average Bonchev–Trinajstić information content (AvgIpc) is 3.33. The number of para-hydroxylation sites is 2. The summed E-state index contributed by atoms with van der Waals surface area (Å²) in [6.45, 7) is 0.503. The third kappa shape index (κ3) is 4.05. The Hall–Kier alpha value is -4.13. The van der Waals surface area contributed by atoms with Crippen molar-refractivity contribution in [1.29, 1.82) is 0 Å². The number of hydrogen-bond donors (Lipinski definition) is 1. The van der Waals surface area contributed by atoms with Crippen LogP contribution in [0.3, 0.4) is 0 Å². The summed E-state index contributed by atoms with van der Waals surface area (Å²) < 4.78 is 7.06. The number of nitrogens with one attached hydrogen (secondary N) is 1. The lowest BCUT2D eigenvalue weighted by molar-refractivity contribution is -0.124. The molecule has 7 heteroatoms. The molecule has 1 aliphatic rings. The fraction of sp³-hybridized carbons (Fsp3) is 0.192. The molecule has 5 rings (SSSR count). The predicted molar refractivity (Wildman–Crippen MR) is 128 cm³/mol. The highest BCUT2D eigenvalue weighted by atomic mass is 16.5. The number of rotatable bonds is 7. The number of fused-ring (bicyclic) bond motifs is 3. The predicted octanol–water partition coefficient (Wildman–Crippen LogP) is 4.20. The molecule has 2 heterocycles. The Morgan fingerprint density at radius 1 is 1.00 bits per heavy atom. The van der Waals surface area contributed by atoms with E-state index in [1.54, 1.807) is 36.3 Å². The highest BCUT2D eigenvalue weighted by Crippen LogP contribution is 2.36. The van der Waals surface area contributed by atoms with E-state index in [4.69, 9.17) is 9.72 Å². The van der Waals surface area contributed by atoms with Crippen LogP contribution in [0.15, 0.2) is 78.9 Å². The molecule has 0 saturated carbocycles. The van der Waals surface area contributed by atoms with E-state index in [0.29, 0.717) is 30.4 Å². The third-order valence-electron chi connectivity index (χ3n) is 5.90. The molecule has 166 valence electrons. The topological polar surface area (TPSA) is 76.5 Å². The molecule has 2 amide bonds. The summed E-state index contributed by atoms with van der Waals surface area (Å²) in [6.07, 6.45) is 0.737. The molecule has 1 aromatic heterocycles. The zero-order chi connectivity index (χ0) is 22.8. The summed E-state index contributed by atoms with van der Waals surface area (Å²) in [6, 6.07) is 24.2. The third-order valence-corrected chi connectivity index (χ3v) is 5.90. The number of hydrogen-bond acceptors (Lipinski definition) is 4. The van der Waals surface area contributed by atoms with Gasteiger partial charge in [-0.3, -0.25) is 19.1 Å². The number of carbonyl (C=O) groups is 2. The van der Waals surface area contributed by atoms with Crippen molar-refractivity contribution in [3.05, 3.63) is 84.4 Å². The van der Waals surface area contributed by atoms with Crippen LogP contribution in [0.1, 0.15) is 18.0 Å². The summed E-state index contributed by atoms with van der Waals surface area (Å²) in [4.78, 5) is 32.7. The second-order valence-corrected chi connectivity index (χ2v) is 7.99. The maximum Gasteiger partial charge on any atom is 0.253 e. The highest BCUT2D eigenvalue weighted by Gasteiger charge is 2.40. The number of imidazole rings is 1. The van der Waals surface area contributed by atoms with Gasteiger partial charge in [-0.05, 0) is 48.4 Å². The van der Waals surface area contributed by atoms with E-state index in [1.165, 1.54) is 0 Å². The van der Waals surface area contributed by atoms with Crippen molar-refractivity contribution in [2.24, 2.45) is 0 Å².